The lowest BCUT2D eigenvalue weighted by molar-refractivity contribution is -0.133. The molecule has 1 amide bonds. The maximum absolute atomic E-state index is 12.7. The number of aromatic nitrogens is 2. The molecule has 0 bridgehead atoms. The minimum atomic E-state index is -3.52. The lowest BCUT2D eigenvalue weighted by Crippen LogP contribution is -2.51. The van der Waals surface area contributed by atoms with Gasteiger partial charge >= 0.3 is 0 Å². The Labute approximate surface area is 170 Å². The topological polar surface area (TPSA) is 75.5 Å². The van der Waals surface area contributed by atoms with Gasteiger partial charge in [0.1, 0.15) is 6.54 Å². The fourth-order valence-corrected chi connectivity index (χ4v) is 4.83. The normalized spacial score (nSPS) is 15.4. The summed E-state index contributed by atoms with van der Waals surface area (Å²) in [5.41, 5.74) is 2.00. The zero-order chi connectivity index (χ0) is 20.3. The van der Waals surface area contributed by atoms with Crippen LogP contribution in [0, 0.1) is 0 Å². The smallest absolute Gasteiger partial charge is 0.244 e. The predicted molar refractivity (Wildman–Crippen MR) is 109 cm³/mol. The second-order valence-corrected chi connectivity index (χ2v) is 8.83. The van der Waals surface area contributed by atoms with Gasteiger partial charge in [0.2, 0.25) is 15.9 Å². The summed E-state index contributed by atoms with van der Waals surface area (Å²) < 4.78 is 28.5. The maximum Gasteiger partial charge on any atom is 0.244 e. The average molecular weight is 410 g/mol. The molecule has 3 aromatic rings. The second-order valence-electron chi connectivity index (χ2n) is 6.89. The summed E-state index contributed by atoms with van der Waals surface area (Å²) >= 11 is 0. The minimum absolute atomic E-state index is 0.0653. The fourth-order valence-electron chi connectivity index (χ4n) is 3.39. The van der Waals surface area contributed by atoms with Crippen LogP contribution in [0.4, 0.5) is 0 Å². The number of carbonyl (C=O) groups excluding carboxylic acids is 1. The van der Waals surface area contributed by atoms with E-state index in [4.69, 9.17) is 0 Å². The van der Waals surface area contributed by atoms with E-state index in [0.717, 1.165) is 11.1 Å². The van der Waals surface area contributed by atoms with Gasteiger partial charge in [0.15, 0.2) is 0 Å². The second kappa shape index (κ2) is 8.18. The number of rotatable bonds is 5. The van der Waals surface area contributed by atoms with Crippen LogP contribution in [0.25, 0.3) is 11.1 Å². The van der Waals surface area contributed by atoms with E-state index in [-0.39, 0.29) is 30.4 Å². The molecule has 2 aromatic carbocycles. The van der Waals surface area contributed by atoms with E-state index in [1.54, 1.807) is 46.1 Å². The first-order valence-corrected chi connectivity index (χ1v) is 10.9. The SMILES string of the molecule is O=C(Cn1cc(-c2ccccc2)cn1)N1CCN(S(=O)(=O)c2ccccc2)CC1. The quantitative estimate of drug-likeness (QED) is 0.645. The number of amides is 1. The minimum Gasteiger partial charge on any atom is -0.338 e. The molecule has 7 nitrogen and oxygen atoms in total. The van der Waals surface area contributed by atoms with E-state index in [1.165, 1.54) is 4.31 Å². The van der Waals surface area contributed by atoms with E-state index in [0.29, 0.717) is 13.1 Å². The molecule has 29 heavy (non-hydrogen) atoms. The van der Waals surface area contributed by atoms with Gasteiger partial charge in [-0.2, -0.15) is 9.40 Å². The Kier molecular flexibility index (Phi) is 5.46. The van der Waals surface area contributed by atoms with Gasteiger partial charge in [-0.15, -0.1) is 0 Å². The third-order valence-corrected chi connectivity index (χ3v) is 6.92. The Morgan fingerprint density at radius 1 is 0.862 bits per heavy atom. The van der Waals surface area contributed by atoms with Crippen LogP contribution in [-0.2, 0) is 21.4 Å². The van der Waals surface area contributed by atoms with Crippen molar-refractivity contribution in [3.63, 3.8) is 0 Å². The van der Waals surface area contributed by atoms with Crippen LogP contribution in [0.15, 0.2) is 78.0 Å². The Morgan fingerprint density at radius 2 is 1.48 bits per heavy atom. The molecule has 2 heterocycles. The lowest BCUT2D eigenvalue weighted by Gasteiger charge is -2.34. The molecular weight excluding hydrogens is 388 g/mol. The van der Waals surface area contributed by atoms with Crippen molar-refractivity contribution >= 4 is 15.9 Å². The molecular formula is C21H22N4O3S. The van der Waals surface area contributed by atoms with Crippen molar-refractivity contribution in [3.8, 4) is 11.1 Å². The molecule has 0 spiro atoms. The molecule has 4 rings (SSSR count). The molecule has 8 heteroatoms. The maximum atomic E-state index is 12.7. The summed E-state index contributed by atoms with van der Waals surface area (Å²) in [5, 5.41) is 4.28. The van der Waals surface area contributed by atoms with E-state index in [9.17, 15) is 13.2 Å². The monoisotopic (exact) mass is 410 g/mol. The molecule has 0 radical (unpaired) electrons. The molecule has 1 fully saturated rings. The number of hydrogen-bond donors (Lipinski definition) is 0. The molecule has 150 valence electrons. The van der Waals surface area contributed by atoms with Crippen LogP contribution in [0.3, 0.4) is 0 Å². The van der Waals surface area contributed by atoms with Gasteiger partial charge in [-0.25, -0.2) is 8.42 Å². The standard InChI is InChI=1S/C21H22N4O3S/c26-21(17-24-16-19(15-22-24)18-7-3-1-4-8-18)23-11-13-25(14-12-23)29(27,28)20-9-5-2-6-10-20/h1-10,15-16H,11-14,17H2. The molecule has 0 N–H and O–H groups in total. The van der Waals surface area contributed by atoms with Crippen LogP contribution in [0.1, 0.15) is 0 Å². The zero-order valence-electron chi connectivity index (χ0n) is 15.9. The highest BCUT2D eigenvalue weighted by molar-refractivity contribution is 7.89. The summed E-state index contributed by atoms with van der Waals surface area (Å²) in [5.74, 6) is -0.0653. The van der Waals surface area contributed by atoms with Crippen LogP contribution in [-0.4, -0.2) is 59.5 Å². The summed E-state index contributed by atoms with van der Waals surface area (Å²) in [6.45, 7) is 1.46. The highest BCUT2D eigenvalue weighted by Gasteiger charge is 2.30. The Hall–Kier alpha value is -2.97. The third-order valence-electron chi connectivity index (χ3n) is 5.01. The zero-order valence-corrected chi connectivity index (χ0v) is 16.7. The first kappa shape index (κ1) is 19.4. The van der Waals surface area contributed by atoms with Crippen LogP contribution in [0.5, 0.6) is 0 Å². The van der Waals surface area contributed by atoms with E-state index in [2.05, 4.69) is 5.10 Å². The van der Waals surface area contributed by atoms with E-state index in [1.807, 2.05) is 36.5 Å². The van der Waals surface area contributed by atoms with Crippen molar-refractivity contribution < 1.29 is 13.2 Å². The van der Waals surface area contributed by atoms with Crippen molar-refractivity contribution in [1.29, 1.82) is 0 Å². The number of hydrogen-bond acceptors (Lipinski definition) is 4. The molecule has 0 unspecified atom stereocenters. The van der Waals surface area contributed by atoms with Gasteiger partial charge in [-0.05, 0) is 17.7 Å². The van der Waals surface area contributed by atoms with Crippen molar-refractivity contribution in [2.45, 2.75) is 11.4 Å². The Bertz CT molecular complexity index is 1070. The van der Waals surface area contributed by atoms with Gasteiger partial charge in [0, 0.05) is 37.9 Å². The number of carbonyl (C=O) groups is 1. The molecule has 0 aliphatic carbocycles. The Morgan fingerprint density at radius 3 is 2.14 bits per heavy atom. The number of nitrogens with zero attached hydrogens (tertiary/aromatic N) is 4. The van der Waals surface area contributed by atoms with Crippen LogP contribution in [0.2, 0.25) is 0 Å². The molecule has 1 aliphatic heterocycles. The van der Waals surface area contributed by atoms with Gasteiger partial charge in [0.05, 0.1) is 11.1 Å². The molecule has 1 aliphatic rings. The van der Waals surface area contributed by atoms with Crippen molar-refractivity contribution in [1.82, 2.24) is 19.0 Å². The van der Waals surface area contributed by atoms with E-state index >= 15 is 0 Å². The van der Waals surface area contributed by atoms with Gasteiger partial charge < -0.3 is 4.90 Å². The van der Waals surface area contributed by atoms with Crippen LogP contribution < -0.4 is 0 Å². The molecule has 0 atom stereocenters. The molecule has 0 saturated carbocycles. The summed E-state index contributed by atoms with van der Waals surface area (Å²) in [4.78, 5) is 14.6. The predicted octanol–water partition coefficient (Wildman–Crippen LogP) is 2.08. The fraction of sp³-hybridized carbons (Fsp3) is 0.238. The first-order chi connectivity index (χ1) is 14.0. The van der Waals surface area contributed by atoms with Gasteiger partial charge in [-0.3, -0.25) is 9.48 Å². The lowest BCUT2D eigenvalue weighted by atomic mass is 10.1. The molecule has 1 saturated heterocycles. The van der Waals surface area contributed by atoms with Crippen LogP contribution >= 0.6 is 0 Å². The highest BCUT2D eigenvalue weighted by Crippen LogP contribution is 2.19. The van der Waals surface area contributed by atoms with Gasteiger partial charge in [-0.1, -0.05) is 48.5 Å². The number of piperazine rings is 1. The van der Waals surface area contributed by atoms with Gasteiger partial charge in [0.25, 0.3) is 0 Å². The summed E-state index contributed by atoms with van der Waals surface area (Å²) in [6.07, 6.45) is 3.59. The van der Waals surface area contributed by atoms with Crippen molar-refractivity contribution in [2.24, 2.45) is 0 Å². The van der Waals surface area contributed by atoms with Crippen molar-refractivity contribution in [2.75, 3.05) is 26.2 Å². The Balaban J connectivity index is 1.36. The number of sulfonamides is 1. The number of benzene rings is 2. The van der Waals surface area contributed by atoms with E-state index < -0.39 is 10.0 Å². The molecule has 1 aromatic heterocycles. The van der Waals surface area contributed by atoms with Crippen molar-refractivity contribution in [3.05, 3.63) is 73.1 Å². The largest absolute Gasteiger partial charge is 0.338 e. The average Bonchev–Trinajstić information content (AvgIpc) is 3.23. The summed E-state index contributed by atoms with van der Waals surface area (Å²) in [6, 6.07) is 18.3. The third kappa shape index (κ3) is 4.23. The first-order valence-electron chi connectivity index (χ1n) is 9.45. The highest BCUT2D eigenvalue weighted by atomic mass is 32.2. The summed E-state index contributed by atoms with van der Waals surface area (Å²) in [7, 11) is -3.52.